The highest BCUT2D eigenvalue weighted by Crippen LogP contribution is 2.36. The van der Waals surface area contributed by atoms with Gasteiger partial charge < -0.3 is 4.90 Å². The lowest BCUT2D eigenvalue weighted by atomic mass is 10.00. The Morgan fingerprint density at radius 1 is 1.00 bits per heavy atom. The molecule has 0 N–H and O–H groups in total. The Labute approximate surface area is 151 Å². The molecule has 1 aliphatic carbocycles. The van der Waals surface area contributed by atoms with Crippen molar-refractivity contribution >= 4 is 37.4 Å². The van der Waals surface area contributed by atoms with Crippen molar-refractivity contribution in [3.8, 4) is 0 Å². The van der Waals surface area contributed by atoms with Gasteiger partial charge in [0.1, 0.15) is 0 Å². The highest BCUT2D eigenvalue weighted by molar-refractivity contribution is 9.10. The van der Waals surface area contributed by atoms with Crippen LogP contribution in [0.4, 0.5) is 5.69 Å². The van der Waals surface area contributed by atoms with Crippen molar-refractivity contribution in [2.45, 2.75) is 43.8 Å². The van der Waals surface area contributed by atoms with Crippen LogP contribution in [0.1, 0.15) is 25.7 Å². The van der Waals surface area contributed by atoms with Crippen molar-refractivity contribution in [2.24, 2.45) is 0 Å². The quantitative estimate of drug-likeness (QED) is 0.746. The van der Waals surface area contributed by atoms with Gasteiger partial charge in [-0.25, -0.2) is 8.42 Å². The molecule has 130 valence electrons. The molecule has 2 aliphatic heterocycles. The first-order chi connectivity index (χ1) is 11.4. The van der Waals surface area contributed by atoms with E-state index in [-0.39, 0.29) is 29.5 Å². The molecule has 2 atom stereocenters. The SMILES string of the molecule is O=C1CN(C2CCCC2)C2CS(=O)(=O)CC2N1c1ccc(Br)cc1. The number of carbonyl (C=O) groups is 1. The van der Waals surface area contributed by atoms with Gasteiger partial charge in [-0.3, -0.25) is 9.69 Å². The Bertz CT molecular complexity index is 744. The number of rotatable bonds is 2. The Balaban J connectivity index is 1.70. The van der Waals surface area contributed by atoms with E-state index in [0.29, 0.717) is 12.6 Å². The van der Waals surface area contributed by atoms with E-state index in [1.54, 1.807) is 4.90 Å². The molecule has 7 heteroatoms. The van der Waals surface area contributed by atoms with Crippen LogP contribution < -0.4 is 4.90 Å². The van der Waals surface area contributed by atoms with Gasteiger partial charge in [-0.05, 0) is 37.1 Å². The summed E-state index contributed by atoms with van der Waals surface area (Å²) in [6.07, 6.45) is 4.51. The van der Waals surface area contributed by atoms with Gasteiger partial charge in [0.05, 0.1) is 24.1 Å². The summed E-state index contributed by atoms with van der Waals surface area (Å²) in [7, 11) is -3.11. The molecule has 2 heterocycles. The number of carbonyl (C=O) groups excluding carboxylic acids is 1. The number of halogens is 1. The minimum Gasteiger partial charge on any atom is -0.306 e. The number of hydrogen-bond donors (Lipinski definition) is 0. The Morgan fingerprint density at radius 3 is 2.29 bits per heavy atom. The maximum Gasteiger partial charge on any atom is 0.241 e. The lowest BCUT2D eigenvalue weighted by molar-refractivity contribution is -0.124. The third-order valence-electron chi connectivity index (χ3n) is 5.54. The smallest absolute Gasteiger partial charge is 0.241 e. The standard InChI is InChI=1S/C17H21BrN2O3S/c18-12-5-7-14(8-6-12)20-16-11-24(22,23)10-15(16)19(9-17(20)21)13-3-1-2-4-13/h5-8,13,15-16H,1-4,9-11H2. The van der Waals surface area contributed by atoms with E-state index >= 15 is 0 Å². The average Bonchev–Trinajstić information content (AvgIpc) is 3.14. The number of amides is 1. The molecule has 0 spiro atoms. The van der Waals surface area contributed by atoms with E-state index in [0.717, 1.165) is 23.0 Å². The van der Waals surface area contributed by atoms with Crippen LogP contribution in [0.2, 0.25) is 0 Å². The second-order valence-corrected chi connectivity index (χ2v) is 10.1. The van der Waals surface area contributed by atoms with Gasteiger partial charge in [0.2, 0.25) is 5.91 Å². The molecule has 0 radical (unpaired) electrons. The lowest BCUT2D eigenvalue weighted by Gasteiger charge is -2.46. The first kappa shape index (κ1) is 16.5. The maximum absolute atomic E-state index is 12.9. The van der Waals surface area contributed by atoms with E-state index in [1.807, 2.05) is 24.3 Å². The summed E-state index contributed by atoms with van der Waals surface area (Å²) >= 11 is 3.41. The molecule has 1 aromatic rings. The van der Waals surface area contributed by atoms with Crippen molar-refractivity contribution < 1.29 is 13.2 Å². The van der Waals surface area contributed by atoms with Crippen molar-refractivity contribution in [1.29, 1.82) is 0 Å². The Morgan fingerprint density at radius 2 is 1.62 bits per heavy atom. The van der Waals surface area contributed by atoms with E-state index in [2.05, 4.69) is 20.8 Å². The zero-order chi connectivity index (χ0) is 16.9. The minimum atomic E-state index is -3.11. The molecular formula is C17H21BrN2O3S. The van der Waals surface area contributed by atoms with Gasteiger partial charge >= 0.3 is 0 Å². The summed E-state index contributed by atoms with van der Waals surface area (Å²) in [6, 6.07) is 7.58. The normalized spacial score (nSPS) is 30.7. The molecule has 0 aromatic heterocycles. The number of benzene rings is 1. The zero-order valence-electron chi connectivity index (χ0n) is 13.4. The third kappa shape index (κ3) is 2.91. The molecule has 5 nitrogen and oxygen atoms in total. The summed E-state index contributed by atoms with van der Waals surface area (Å²) in [4.78, 5) is 16.8. The fourth-order valence-corrected chi connectivity index (χ4v) is 6.71. The number of piperazine rings is 1. The summed E-state index contributed by atoms with van der Waals surface area (Å²) in [5.41, 5.74) is 0.793. The minimum absolute atomic E-state index is 0.0163. The summed E-state index contributed by atoms with van der Waals surface area (Å²) in [5.74, 6) is 0.263. The molecule has 2 unspecified atom stereocenters. The van der Waals surface area contributed by atoms with Crippen LogP contribution in [-0.2, 0) is 14.6 Å². The van der Waals surface area contributed by atoms with Crippen LogP contribution in [0, 0.1) is 0 Å². The van der Waals surface area contributed by atoms with E-state index in [1.165, 1.54) is 12.8 Å². The van der Waals surface area contributed by atoms with Crippen LogP contribution >= 0.6 is 15.9 Å². The van der Waals surface area contributed by atoms with Crippen LogP contribution in [0.5, 0.6) is 0 Å². The number of nitrogens with zero attached hydrogens (tertiary/aromatic N) is 2. The molecule has 24 heavy (non-hydrogen) atoms. The second kappa shape index (κ2) is 6.11. The largest absolute Gasteiger partial charge is 0.306 e. The number of anilines is 1. The topological polar surface area (TPSA) is 57.7 Å². The summed E-state index contributed by atoms with van der Waals surface area (Å²) < 4.78 is 25.6. The van der Waals surface area contributed by atoms with Crippen molar-refractivity contribution in [3.05, 3.63) is 28.7 Å². The van der Waals surface area contributed by atoms with Gasteiger partial charge in [0.25, 0.3) is 0 Å². The molecule has 2 saturated heterocycles. The van der Waals surface area contributed by atoms with E-state index < -0.39 is 9.84 Å². The molecule has 1 aromatic carbocycles. The zero-order valence-corrected chi connectivity index (χ0v) is 15.8. The second-order valence-electron chi connectivity index (χ2n) is 7.06. The molecule has 0 bridgehead atoms. The van der Waals surface area contributed by atoms with Crippen LogP contribution in [-0.4, -0.2) is 55.4 Å². The van der Waals surface area contributed by atoms with Gasteiger partial charge in [0.15, 0.2) is 9.84 Å². The van der Waals surface area contributed by atoms with Crippen molar-refractivity contribution in [2.75, 3.05) is 23.0 Å². The average molecular weight is 413 g/mol. The molecule has 1 saturated carbocycles. The van der Waals surface area contributed by atoms with Crippen LogP contribution in [0.3, 0.4) is 0 Å². The third-order valence-corrected chi connectivity index (χ3v) is 7.76. The first-order valence-electron chi connectivity index (χ1n) is 8.48. The summed E-state index contributed by atoms with van der Waals surface area (Å²) in [5, 5.41) is 0. The fourth-order valence-electron chi connectivity index (χ4n) is 4.48. The summed E-state index contributed by atoms with van der Waals surface area (Å²) in [6.45, 7) is 0.331. The molecule has 4 rings (SSSR count). The monoisotopic (exact) mass is 412 g/mol. The molecule has 3 aliphatic rings. The molecule has 1 amide bonds. The highest BCUT2D eigenvalue weighted by Gasteiger charge is 2.51. The van der Waals surface area contributed by atoms with Crippen LogP contribution in [0.15, 0.2) is 28.7 Å². The number of hydrogen-bond acceptors (Lipinski definition) is 4. The van der Waals surface area contributed by atoms with E-state index in [4.69, 9.17) is 0 Å². The van der Waals surface area contributed by atoms with Crippen molar-refractivity contribution in [1.82, 2.24) is 4.90 Å². The highest BCUT2D eigenvalue weighted by atomic mass is 79.9. The van der Waals surface area contributed by atoms with Gasteiger partial charge in [0, 0.05) is 22.2 Å². The number of sulfone groups is 1. The lowest BCUT2D eigenvalue weighted by Crippen LogP contribution is -2.64. The number of fused-ring (bicyclic) bond motifs is 1. The van der Waals surface area contributed by atoms with Crippen molar-refractivity contribution in [3.63, 3.8) is 0 Å². The van der Waals surface area contributed by atoms with E-state index in [9.17, 15) is 13.2 Å². The Hall–Kier alpha value is -0.920. The molecule has 3 fully saturated rings. The fraction of sp³-hybridized carbons (Fsp3) is 0.588. The van der Waals surface area contributed by atoms with Gasteiger partial charge in [-0.15, -0.1) is 0 Å². The van der Waals surface area contributed by atoms with Crippen LogP contribution in [0.25, 0.3) is 0 Å². The predicted octanol–water partition coefficient (Wildman–Crippen LogP) is 2.21. The predicted molar refractivity (Wildman–Crippen MR) is 96.8 cm³/mol. The maximum atomic E-state index is 12.9. The van der Waals surface area contributed by atoms with Gasteiger partial charge in [-0.1, -0.05) is 28.8 Å². The Kier molecular flexibility index (Phi) is 4.21. The van der Waals surface area contributed by atoms with Gasteiger partial charge in [-0.2, -0.15) is 0 Å². The molecular weight excluding hydrogens is 392 g/mol. The first-order valence-corrected chi connectivity index (χ1v) is 11.1.